The Morgan fingerprint density at radius 2 is 1.85 bits per heavy atom. The molecule has 1 aromatic heterocycles. The highest BCUT2D eigenvalue weighted by Gasteiger charge is 2.35. The first-order valence-electron chi connectivity index (χ1n) is 7.16. The second-order valence-corrected chi connectivity index (χ2v) is 7.12. The summed E-state index contributed by atoms with van der Waals surface area (Å²) in [7, 11) is -4.46. The molecular weight excluding hydrogens is 392 g/mol. The van der Waals surface area contributed by atoms with E-state index in [-0.39, 0.29) is 22.8 Å². The van der Waals surface area contributed by atoms with E-state index < -0.39 is 38.4 Å². The topological polar surface area (TPSA) is 118 Å². The number of halogens is 4. The van der Waals surface area contributed by atoms with Crippen LogP contribution in [0.1, 0.15) is 16.1 Å². The zero-order valence-corrected chi connectivity index (χ0v) is 14.0. The lowest BCUT2D eigenvalue weighted by Crippen LogP contribution is -2.16. The van der Waals surface area contributed by atoms with Crippen molar-refractivity contribution in [3.8, 4) is 0 Å². The molecule has 0 spiro atoms. The molecule has 0 unspecified atom stereocenters. The first-order chi connectivity index (χ1) is 12.5. The van der Waals surface area contributed by atoms with Crippen molar-refractivity contribution in [1.29, 1.82) is 0 Å². The minimum absolute atomic E-state index is 0.0516. The number of sulfonamides is 1. The third-order valence-electron chi connectivity index (χ3n) is 3.60. The molecule has 142 valence electrons. The van der Waals surface area contributed by atoms with Gasteiger partial charge in [0.15, 0.2) is 5.69 Å². The summed E-state index contributed by atoms with van der Waals surface area (Å²) in [6, 6.07) is 5.27. The molecule has 0 radical (unpaired) electrons. The van der Waals surface area contributed by atoms with Crippen molar-refractivity contribution in [2.24, 2.45) is 5.73 Å². The number of aromatic nitrogens is 2. The molecule has 0 atom stereocenters. The van der Waals surface area contributed by atoms with Gasteiger partial charge in [0.1, 0.15) is 5.82 Å². The molecule has 3 rings (SSSR count). The van der Waals surface area contributed by atoms with E-state index in [0.717, 1.165) is 0 Å². The average molecular weight is 402 g/mol. The Labute approximate surface area is 149 Å². The Morgan fingerprint density at radius 1 is 1.15 bits per heavy atom. The van der Waals surface area contributed by atoms with E-state index in [1.807, 2.05) is 0 Å². The largest absolute Gasteiger partial charge is 0.419 e. The van der Waals surface area contributed by atoms with Crippen molar-refractivity contribution < 1.29 is 30.8 Å². The fraction of sp³-hybridized carbons (Fsp3) is 0.0667. The van der Waals surface area contributed by atoms with Gasteiger partial charge in [-0.1, -0.05) is 0 Å². The highest BCUT2D eigenvalue weighted by atomic mass is 32.2. The molecular formula is C15H10F4N4O3S. The van der Waals surface area contributed by atoms with Gasteiger partial charge in [-0.05, 0) is 36.4 Å². The minimum Gasteiger partial charge on any atom is -0.364 e. The molecule has 0 saturated heterocycles. The standard InChI is InChI=1S/C15H10F4N4O3S/c16-11-3-2-8(6-10(11)15(17,18)19)27(25,26)23-7-1-4-12-9(5-7)13(14(20)24)22-21-12/h1-6,23H,(H2,20,24)(H,21,22). The lowest BCUT2D eigenvalue weighted by Gasteiger charge is -2.12. The van der Waals surface area contributed by atoms with Gasteiger partial charge in [0.05, 0.1) is 16.0 Å². The lowest BCUT2D eigenvalue weighted by molar-refractivity contribution is -0.140. The lowest BCUT2D eigenvalue weighted by atomic mass is 10.2. The van der Waals surface area contributed by atoms with Crippen LogP contribution in [-0.4, -0.2) is 24.5 Å². The average Bonchev–Trinajstić information content (AvgIpc) is 2.97. The van der Waals surface area contributed by atoms with Gasteiger partial charge in [-0.3, -0.25) is 14.6 Å². The fourth-order valence-electron chi connectivity index (χ4n) is 2.37. The molecule has 7 nitrogen and oxygen atoms in total. The number of carbonyl (C=O) groups is 1. The van der Waals surface area contributed by atoms with Crippen LogP contribution >= 0.6 is 0 Å². The third kappa shape index (κ3) is 3.56. The normalized spacial score (nSPS) is 12.3. The van der Waals surface area contributed by atoms with Gasteiger partial charge in [-0.25, -0.2) is 12.8 Å². The molecule has 0 aliphatic heterocycles. The van der Waals surface area contributed by atoms with Gasteiger partial charge in [0, 0.05) is 11.1 Å². The summed E-state index contributed by atoms with van der Waals surface area (Å²) in [6.45, 7) is 0. The number of nitrogens with two attached hydrogens (primary N) is 1. The van der Waals surface area contributed by atoms with Crippen LogP contribution in [-0.2, 0) is 16.2 Å². The summed E-state index contributed by atoms with van der Waals surface area (Å²) in [5, 5.41) is 6.44. The summed E-state index contributed by atoms with van der Waals surface area (Å²) in [5.74, 6) is -2.44. The SMILES string of the molecule is NC(=O)c1n[nH]c2ccc(NS(=O)(=O)c3ccc(F)c(C(F)(F)F)c3)cc12. The number of alkyl halides is 3. The van der Waals surface area contributed by atoms with Crippen LogP contribution in [0.15, 0.2) is 41.3 Å². The molecule has 1 heterocycles. The van der Waals surface area contributed by atoms with Crippen LogP contribution in [0.25, 0.3) is 10.9 Å². The Morgan fingerprint density at radius 3 is 2.48 bits per heavy atom. The second kappa shape index (κ2) is 6.23. The second-order valence-electron chi connectivity index (χ2n) is 5.44. The first kappa shape index (κ1) is 18.6. The summed E-state index contributed by atoms with van der Waals surface area (Å²) in [6.07, 6.45) is -5.05. The van der Waals surface area contributed by atoms with Crippen molar-refractivity contribution in [3.05, 3.63) is 53.5 Å². The van der Waals surface area contributed by atoms with Gasteiger partial charge in [0.25, 0.3) is 15.9 Å². The quantitative estimate of drug-likeness (QED) is 0.582. The maximum Gasteiger partial charge on any atom is 0.419 e. The van der Waals surface area contributed by atoms with E-state index in [1.54, 1.807) is 0 Å². The Balaban J connectivity index is 2.01. The monoisotopic (exact) mass is 402 g/mol. The van der Waals surface area contributed by atoms with E-state index >= 15 is 0 Å². The van der Waals surface area contributed by atoms with Crippen LogP contribution in [0.5, 0.6) is 0 Å². The van der Waals surface area contributed by atoms with Crippen molar-refractivity contribution in [2.75, 3.05) is 4.72 Å². The Bertz CT molecular complexity index is 1160. The molecule has 0 aliphatic rings. The summed E-state index contributed by atoms with van der Waals surface area (Å²) >= 11 is 0. The van der Waals surface area contributed by atoms with E-state index in [1.165, 1.54) is 18.2 Å². The number of nitrogens with one attached hydrogen (secondary N) is 2. The molecule has 0 aliphatic carbocycles. The number of carbonyl (C=O) groups excluding carboxylic acids is 1. The van der Waals surface area contributed by atoms with Gasteiger partial charge in [-0.15, -0.1) is 0 Å². The van der Waals surface area contributed by atoms with Gasteiger partial charge < -0.3 is 5.73 Å². The maximum atomic E-state index is 13.4. The molecule has 3 aromatic rings. The van der Waals surface area contributed by atoms with Crippen molar-refractivity contribution in [2.45, 2.75) is 11.1 Å². The van der Waals surface area contributed by atoms with Crippen molar-refractivity contribution in [1.82, 2.24) is 10.2 Å². The Hall–Kier alpha value is -3.15. The van der Waals surface area contributed by atoms with Crippen LogP contribution < -0.4 is 10.5 Å². The molecule has 0 fully saturated rings. The van der Waals surface area contributed by atoms with E-state index in [9.17, 15) is 30.8 Å². The van der Waals surface area contributed by atoms with Crippen LogP contribution in [0.3, 0.4) is 0 Å². The zero-order valence-electron chi connectivity index (χ0n) is 13.1. The number of H-pyrrole nitrogens is 1. The highest BCUT2D eigenvalue weighted by Crippen LogP contribution is 2.33. The summed E-state index contributed by atoms with van der Waals surface area (Å²) in [4.78, 5) is 10.5. The predicted octanol–water partition coefficient (Wildman–Crippen LogP) is 2.62. The number of hydrogen-bond acceptors (Lipinski definition) is 4. The number of fused-ring (bicyclic) bond motifs is 1. The number of amides is 1. The highest BCUT2D eigenvalue weighted by molar-refractivity contribution is 7.92. The molecule has 12 heteroatoms. The zero-order chi connectivity index (χ0) is 20.0. The van der Waals surface area contributed by atoms with Crippen LogP contribution in [0, 0.1) is 5.82 Å². The maximum absolute atomic E-state index is 13.4. The molecule has 1 amide bonds. The van der Waals surface area contributed by atoms with E-state index in [4.69, 9.17) is 5.73 Å². The van der Waals surface area contributed by atoms with E-state index in [2.05, 4.69) is 14.9 Å². The van der Waals surface area contributed by atoms with Crippen LogP contribution in [0.4, 0.5) is 23.2 Å². The molecule has 4 N–H and O–H groups in total. The van der Waals surface area contributed by atoms with Gasteiger partial charge >= 0.3 is 6.18 Å². The molecule has 27 heavy (non-hydrogen) atoms. The number of benzene rings is 2. The summed E-state index contributed by atoms with van der Waals surface area (Å²) < 4.78 is 78.5. The van der Waals surface area contributed by atoms with Crippen LogP contribution in [0.2, 0.25) is 0 Å². The fourth-order valence-corrected chi connectivity index (χ4v) is 3.44. The Kier molecular flexibility index (Phi) is 4.30. The number of nitrogens with zero attached hydrogens (tertiary/aromatic N) is 1. The first-order valence-corrected chi connectivity index (χ1v) is 8.65. The number of hydrogen-bond donors (Lipinski definition) is 3. The smallest absolute Gasteiger partial charge is 0.364 e. The molecule has 2 aromatic carbocycles. The third-order valence-corrected chi connectivity index (χ3v) is 4.98. The number of rotatable bonds is 4. The van der Waals surface area contributed by atoms with Gasteiger partial charge in [0.2, 0.25) is 0 Å². The van der Waals surface area contributed by atoms with Gasteiger partial charge in [-0.2, -0.15) is 18.3 Å². The minimum atomic E-state index is -5.05. The summed E-state index contributed by atoms with van der Waals surface area (Å²) in [5.41, 5.74) is 3.67. The predicted molar refractivity (Wildman–Crippen MR) is 86.8 cm³/mol. The van der Waals surface area contributed by atoms with E-state index in [0.29, 0.717) is 17.6 Å². The van der Waals surface area contributed by atoms with Crippen molar-refractivity contribution in [3.63, 3.8) is 0 Å². The van der Waals surface area contributed by atoms with Crippen molar-refractivity contribution >= 4 is 32.5 Å². The molecule has 0 bridgehead atoms. The number of primary amides is 1. The number of anilines is 1. The molecule has 0 saturated carbocycles. The number of aromatic amines is 1.